The van der Waals surface area contributed by atoms with Crippen molar-refractivity contribution in [1.82, 2.24) is 14.7 Å². The van der Waals surface area contributed by atoms with Crippen molar-refractivity contribution in [2.75, 3.05) is 26.3 Å². The number of esters is 1. The lowest BCUT2D eigenvalue weighted by molar-refractivity contribution is -0.0100. The minimum absolute atomic E-state index is 0.334. The van der Waals surface area contributed by atoms with Crippen LogP contribution in [0.1, 0.15) is 42.4 Å². The van der Waals surface area contributed by atoms with E-state index in [9.17, 15) is 4.79 Å². The SMILES string of the molecule is CCOC(=O)c1cc2n(n1)CCN(CCOC1CCC1)C2. The zero-order valence-corrected chi connectivity index (χ0v) is 12.6. The molecule has 1 aromatic rings. The molecule has 1 aromatic heterocycles. The lowest BCUT2D eigenvalue weighted by atomic mass is 9.96. The van der Waals surface area contributed by atoms with Gasteiger partial charge in [-0.05, 0) is 32.3 Å². The number of hydrogen-bond acceptors (Lipinski definition) is 5. The molecule has 21 heavy (non-hydrogen) atoms. The summed E-state index contributed by atoms with van der Waals surface area (Å²) in [5.41, 5.74) is 1.49. The highest BCUT2D eigenvalue weighted by atomic mass is 16.5. The van der Waals surface area contributed by atoms with Gasteiger partial charge < -0.3 is 9.47 Å². The van der Waals surface area contributed by atoms with Gasteiger partial charge in [-0.25, -0.2) is 4.79 Å². The molecule has 0 saturated heterocycles. The Bertz CT molecular complexity index is 496. The number of nitrogens with zero attached hydrogens (tertiary/aromatic N) is 3. The van der Waals surface area contributed by atoms with Crippen molar-refractivity contribution < 1.29 is 14.3 Å². The van der Waals surface area contributed by atoms with E-state index in [1.807, 2.05) is 10.7 Å². The molecule has 0 unspecified atom stereocenters. The molecule has 0 spiro atoms. The van der Waals surface area contributed by atoms with Crippen LogP contribution in [0.3, 0.4) is 0 Å². The molecule has 1 fully saturated rings. The Labute approximate surface area is 125 Å². The molecule has 116 valence electrons. The number of rotatable bonds is 6. The van der Waals surface area contributed by atoms with Crippen molar-refractivity contribution in [3.05, 3.63) is 17.5 Å². The van der Waals surface area contributed by atoms with E-state index in [1.165, 1.54) is 19.3 Å². The summed E-state index contributed by atoms with van der Waals surface area (Å²) in [5.74, 6) is -0.334. The van der Waals surface area contributed by atoms with Gasteiger partial charge in [0.05, 0.1) is 31.6 Å². The van der Waals surface area contributed by atoms with Crippen LogP contribution in [-0.4, -0.2) is 53.1 Å². The Hall–Kier alpha value is -1.40. The number of ether oxygens (including phenoxy) is 2. The van der Waals surface area contributed by atoms with Crippen LogP contribution in [0.25, 0.3) is 0 Å². The number of aromatic nitrogens is 2. The van der Waals surface area contributed by atoms with Crippen LogP contribution in [0, 0.1) is 0 Å². The van der Waals surface area contributed by atoms with E-state index in [2.05, 4.69) is 10.00 Å². The first-order valence-corrected chi connectivity index (χ1v) is 7.84. The topological polar surface area (TPSA) is 56.6 Å². The molecular weight excluding hydrogens is 270 g/mol. The second-order valence-electron chi connectivity index (χ2n) is 5.66. The van der Waals surface area contributed by atoms with Crippen molar-refractivity contribution in [1.29, 1.82) is 0 Å². The highest BCUT2D eigenvalue weighted by molar-refractivity contribution is 5.87. The monoisotopic (exact) mass is 293 g/mol. The van der Waals surface area contributed by atoms with E-state index in [0.717, 1.165) is 38.5 Å². The van der Waals surface area contributed by atoms with Gasteiger partial charge in [-0.2, -0.15) is 5.10 Å². The Kier molecular flexibility index (Phi) is 4.55. The molecule has 2 heterocycles. The minimum Gasteiger partial charge on any atom is -0.461 e. The average Bonchev–Trinajstić information content (AvgIpc) is 2.85. The van der Waals surface area contributed by atoms with Gasteiger partial charge in [-0.15, -0.1) is 0 Å². The summed E-state index contributed by atoms with van der Waals surface area (Å²) in [6, 6.07) is 1.84. The second kappa shape index (κ2) is 6.58. The molecule has 3 rings (SSSR count). The molecule has 1 saturated carbocycles. The maximum Gasteiger partial charge on any atom is 0.358 e. The standard InChI is InChI=1S/C15H23N3O3/c1-2-20-15(19)14-10-12-11-17(6-7-18(12)16-14)8-9-21-13-4-3-5-13/h10,13H,2-9,11H2,1H3. The van der Waals surface area contributed by atoms with Gasteiger partial charge >= 0.3 is 5.97 Å². The fourth-order valence-corrected chi connectivity index (χ4v) is 2.70. The average molecular weight is 293 g/mol. The fraction of sp³-hybridized carbons (Fsp3) is 0.733. The van der Waals surface area contributed by atoms with Crippen molar-refractivity contribution in [3.63, 3.8) is 0 Å². The van der Waals surface area contributed by atoms with Gasteiger partial charge in [0.15, 0.2) is 5.69 Å². The van der Waals surface area contributed by atoms with Crippen molar-refractivity contribution in [2.45, 2.75) is 45.4 Å². The molecule has 6 heteroatoms. The highest BCUT2D eigenvalue weighted by Crippen LogP contribution is 2.22. The van der Waals surface area contributed by atoms with Crippen LogP contribution in [0.4, 0.5) is 0 Å². The van der Waals surface area contributed by atoms with E-state index in [-0.39, 0.29) is 5.97 Å². The Morgan fingerprint density at radius 2 is 2.29 bits per heavy atom. The van der Waals surface area contributed by atoms with Crippen molar-refractivity contribution >= 4 is 5.97 Å². The molecule has 0 N–H and O–H groups in total. The highest BCUT2D eigenvalue weighted by Gasteiger charge is 2.22. The zero-order valence-electron chi connectivity index (χ0n) is 12.6. The van der Waals surface area contributed by atoms with E-state index < -0.39 is 0 Å². The smallest absolute Gasteiger partial charge is 0.358 e. The Morgan fingerprint density at radius 3 is 3.00 bits per heavy atom. The van der Waals surface area contributed by atoms with E-state index in [4.69, 9.17) is 9.47 Å². The van der Waals surface area contributed by atoms with Crippen LogP contribution >= 0.6 is 0 Å². The van der Waals surface area contributed by atoms with Gasteiger partial charge in [0.1, 0.15) is 0 Å². The van der Waals surface area contributed by atoms with Gasteiger partial charge in [0.25, 0.3) is 0 Å². The summed E-state index contributed by atoms with van der Waals surface area (Å²) < 4.78 is 12.7. The van der Waals surface area contributed by atoms with Gasteiger partial charge in [-0.1, -0.05) is 0 Å². The third-order valence-electron chi connectivity index (χ3n) is 4.17. The Morgan fingerprint density at radius 1 is 1.43 bits per heavy atom. The summed E-state index contributed by atoms with van der Waals surface area (Å²) in [7, 11) is 0. The number of hydrogen-bond donors (Lipinski definition) is 0. The van der Waals surface area contributed by atoms with E-state index in [1.54, 1.807) is 6.92 Å². The van der Waals surface area contributed by atoms with E-state index >= 15 is 0 Å². The molecule has 2 aliphatic rings. The number of fused-ring (bicyclic) bond motifs is 1. The first-order chi connectivity index (χ1) is 10.3. The first kappa shape index (κ1) is 14.5. The van der Waals surface area contributed by atoms with Crippen LogP contribution in [0.5, 0.6) is 0 Å². The van der Waals surface area contributed by atoms with E-state index in [0.29, 0.717) is 18.4 Å². The fourth-order valence-electron chi connectivity index (χ4n) is 2.70. The lowest BCUT2D eigenvalue weighted by Crippen LogP contribution is -2.37. The molecule has 6 nitrogen and oxygen atoms in total. The molecule has 0 aromatic carbocycles. The summed E-state index contributed by atoms with van der Waals surface area (Å²) in [6.45, 7) is 6.51. The van der Waals surface area contributed by atoms with Crippen LogP contribution in [0.2, 0.25) is 0 Å². The van der Waals surface area contributed by atoms with Crippen molar-refractivity contribution in [3.8, 4) is 0 Å². The third kappa shape index (κ3) is 3.44. The van der Waals surface area contributed by atoms with Crippen LogP contribution in [-0.2, 0) is 22.6 Å². The summed E-state index contributed by atoms with van der Waals surface area (Å²) in [5, 5.41) is 4.32. The summed E-state index contributed by atoms with van der Waals surface area (Å²) in [4.78, 5) is 14.1. The number of carbonyl (C=O) groups excluding carboxylic acids is 1. The lowest BCUT2D eigenvalue weighted by Gasteiger charge is -2.30. The third-order valence-corrected chi connectivity index (χ3v) is 4.17. The van der Waals surface area contributed by atoms with Gasteiger partial charge in [0.2, 0.25) is 0 Å². The molecule has 0 radical (unpaired) electrons. The summed E-state index contributed by atoms with van der Waals surface area (Å²) in [6.07, 6.45) is 4.24. The predicted octanol–water partition coefficient (Wildman–Crippen LogP) is 1.44. The maximum atomic E-state index is 11.7. The zero-order chi connectivity index (χ0) is 14.7. The molecule has 1 aliphatic carbocycles. The molecule has 0 atom stereocenters. The first-order valence-electron chi connectivity index (χ1n) is 7.84. The summed E-state index contributed by atoms with van der Waals surface area (Å²) >= 11 is 0. The normalized spacial score (nSPS) is 19.1. The van der Waals surface area contributed by atoms with Crippen LogP contribution in [0.15, 0.2) is 6.07 Å². The molecule has 1 aliphatic heterocycles. The molecular formula is C15H23N3O3. The van der Waals surface area contributed by atoms with Gasteiger partial charge in [0, 0.05) is 19.6 Å². The quantitative estimate of drug-likeness (QED) is 0.743. The Balaban J connectivity index is 1.51. The minimum atomic E-state index is -0.334. The molecule has 0 amide bonds. The maximum absolute atomic E-state index is 11.7. The largest absolute Gasteiger partial charge is 0.461 e. The predicted molar refractivity (Wildman–Crippen MR) is 77.1 cm³/mol. The van der Waals surface area contributed by atoms with Gasteiger partial charge in [-0.3, -0.25) is 9.58 Å². The van der Waals surface area contributed by atoms with Crippen LogP contribution < -0.4 is 0 Å². The van der Waals surface area contributed by atoms with Crippen molar-refractivity contribution in [2.24, 2.45) is 0 Å². The second-order valence-corrected chi connectivity index (χ2v) is 5.66. The number of carbonyl (C=O) groups is 1. The molecule has 0 bridgehead atoms.